The van der Waals surface area contributed by atoms with Crippen LogP contribution in [-0.4, -0.2) is 8.42 Å². The second kappa shape index (κ2) is 11.1. The molecule has 0 aliphatic rings. The maximum absolute atomic E-state index is 12.6. The van der Waals surface area contributed by atoms with Crippen LogP contribution >= 0.6 is 0 Å². The van der Waals surface area contributed by atoms with Gasteiger partial charge in [-0.2, -0.15) is 0 Å². The van der Waals surface area contributed by atoms with E-state index in [2.05, 4.69) is 13.8 Å². The Balaban J connectivity index is 0.000000845. The third-order valence-corrected chi connectivity index (χ3v) is 5.83. The molecule has 0 N–H and O–H groups in total. The molecular formula is C22H34O2S. The van der Waals surface area contributed by atoms with Gasteiger partial charge in [-0.05, 0) is 74.2 Å². The zero-order valence-electron chi connectivity index (χ0n) is 17.1. The first-order chi connectivity index (χ1) is 11.7. The molecule has 0 unspecified atom stereocenters. The molecule has 2 rings (SSSR count). The quantitative estimate of drug-likeness (QED) is 0.617. The van der Waals surface area contributed by atoms with Crippen molar-refractivity contribution >= 4 is 9.84 Å². The average molecular weight is 363 g/mol. The van der Waals surface area contributed by atoms with Crippen molar-refractivity contribution in [2.45, 2.75) is 78.0 Å². The van der Waals surface area contributed by atoms with E-state index in [4.69, 9.17) is 0 Å². The smallest absolute Gasteiger partial charge is 0.206 e. The topological polar surface area (TPSA) is 34.1 Å². The second-order valence-electron chi connectivity index (χ2n) is 6.00. The van der Waals surface area contributed by atoms with Gasteiger partial charge in [0.25, 0.3) is 0 Å². The molecule has 3 heteroatoms. The summed E-state index contributed by atoms with van der Waals surface area (Å²) in [5.74, 6) is 0. The number of hydrogen-bond acceptors (Lipinski definition) is 2. The van der Waals surface area contributed by atoms with Crippen molar-refractivity contribution < 1.29 is 8.42 Å². The molecule has 140 valence electrons. The largest absolute Gasteiger partial charge is 0.219 e. The van der Waals surface area contributed by atoms with Crippen molar-refractivity contribution in [3.8, 4) is 0 Å². The molecule has 2 aromatic rings. The first-order valence-corrected chi connectivity index (χ1v) is 10.6. The Hall–Kier alpha value is -1.61. The highest BCUT2D eigenvalue weighted by Gasteiger charge is 2.18. The molecule has 0 aromatic heterocycles. The Morgan fingerprint density at radius 2 is 0.960 bits per heavy atom. The van der Waals surface area contributed by atoms with Crippen molar-refractivity contribution in [2.24, 2.45) is 0 Å². The number of rotatable bonds is 3. The van der Waals surface area contributed by atoms with E-state index in [9.17, 15) is 8.42 Å². The van der Waals surface area contributed by atoms with Gasteiger partial charge in [0, 0.05) is 0 Å². The van der Waals surface area contributed by atoms with E-state index in [0.717, 1.165) is 22.3 Å². The number of sulfone groups is 1. The number of unbranched alkanes of at least 4 members (excludes halogenated alkanes) is 1. The Kier molecular flexibility index (Phi) is 10.4. The van der Waals surface area contributed by atoms with Gasteiger partial charge in [0.1, 0.15) is 0 Å². The van der Waals surface area contributed by atoms with Gasteiger partial charge in [-0.15, -0.1) is 0 Å². The first kappa shape index (κ1) is 23.4. The van der Waals surface area contributed by atoms with Crippen LogP contribution in [-0.2, 0) is 9.84 Å². The minimum absolute atomic E-state index is 0.360. The van der Waals surface area contributed by atoms with Crippen LogP contribution in [0.3, 0.4) is 0 Å². The molecule has 0 bridgehead atoms. The zero-order valence-corrected chi connectivity index (χ0v) is 17.9. The van der Waals surface area contributed by atoms with Crippen LogP contribution in [0.15, 0.2) is 46.2 Å². The van der Waals surface area contributed by atoms with Gasteiger partial charge < -0.3 is 0 Å². The summed E-state index contributed by atoms with van der Waals surface area (Å²) in [4.78, 5) is 0.720. The average Bonchev–Trinajstić information content (AvgIpc) is 2.61. The molecule has 0 aliphatic carbocycles. The fourth-order valence-electron chi connectivity index (χ4n) is 1.90. The molecular weight excluding hydrogens is 328 g/mol. The SMILES string of the molecule is CC.CCCC.Cc1ccc(S(=O)(=O)c2ccc(C)c(C)c2)cc1C. The van der Waals surface area contributed by atoms with Crippen LogP contribution in [0.1, 0.15) is 62.8 Å². The van der Waals surface area contributed by atoms with Crippen molar-refractivity contribution in [3.05, 3.63) is 58.7 Å². The summed E-state index contributed by atoms with van der Waals surface area (Å²) in [6.07, 6.45) is 2.64. The number of benzene rings is 2. The maximum Gasteiger partial charge on any atom is 0.206 e. The van der Waals surface area contributed by atoms with Gasteiger partial charge in [-0.25, -0.2) is 8.42 Å². The van der Waals surface area contributed by atoms with Crippen molar-refractivity contribution in [1.82, 2.24) is 0 Å². The summed E-state index contributed by atoms with van der Waals surface area (Å²) in [5.41, 5.74) is 4.17. The second-order valence-corrected chi connectivity index (χ2v) is 7.95. The Morgan fingerprint density at radius 3 is 1.20 bits per heavy atom. The van der Waals surface area contributed by atoms with E-state index in [1.807, 2.05) is 53.7 Å². The highest BCUT2D eigenvalue weighted by Crippen LogP contribution is 2.24. The van der Waals surface area contributed by atoms with Gasteiger partial charge in [-0.3, -0.25) is 0 Å². The predicted octanol–water partition coefficient (Wildman–Crippen LogP) is 6.59. The lowest BCUT2D eigenvalue weighted by molar-refractivity contribution is 0.596. The Morgan fingerprint density at radius 1 is 0.640 bits per heavy atom. The van der Waals surface area contributed by atoms with Gasteiger partial charge in [0.2, 0.25) is 9.84 Å². The minimum Gasteiger partial charge on any atom is -0.219 e. The fourth-order valence-corrected chi connectivity index (χ4v) is 3.33. The lowest BCUT2D eigenvalue weighted by Crippen LogP contribution is -2.03. The van der Waals surface area contributed by atoms with Gasteiger partial charge in [-0.1, -0.05) is 52.7 Å². The van der Waals surface area contributed by atoms with Gasteiger partial charge >= 0.3 is 0 Å². The van der Waals surface area contributed by atoms with Crippen LogP contribution in [0, 0.1) is 27.7 Å². The molecule has 25 heavy (non-hydrogen) atoms. The molecule has 0 fully saturated rings. The highest BCUT2D eigenvalue weighted by molar-refractivity contribution is 7.91. The molecule has 0 amide bonds. The summed E-state index contributed by atoms with van der Waals surface area (Å²) in [7, 11) is -3.42. The van der Waals surface area contributed by atoms with E-state index in [1.54, 1.807) is 24.3 Å². The van der Waals surface area contributed by atoms with Crippen LogP contribution in [0.4, 0.5) is 0 Å². The molecule has 0 atom stereocenters. The third-order valence-electron chi connectivity index (χ3n) is 4.08. The molecule has 0 saturated carbocycles. The maximum atomic E-state index is 12.6. The molecule has 2 nitrogen and oxygen atoms in total. The lowest BCUT2D eigenvalue weighted by Gasteiger charge is -2.09. The van der Waals surface area contributed by atoms with E-state index < -0.39 is 9.84 Å². The van der Waals surface area contributed by atoms with Gasteiger partial charge in [0.15, 0.2) is 0 Å². The normalized spacial score (nSPS) is 10.2. The standard InChI is InChI=1S/C16H18O2S.C4H10.C2H6/c1-11-5-7-15(9-13(11)3)19(17,18)16-8-6-12(2)14(4)10-16;1-3-4-2;1-2/h5-10H,1-4H3;3-4H2,1-2H3;1-2H3. The number of hydrogen-bond donors (Lipinski definition) is 0. The third kappa shape index (κ3) is 6.66. The van der Waals surface area contributed by atoms with Crippen LogP contribution in [0.2, 0.25) is 0 Å². The Labute approximate surface area is 155 Å². The summed E-state index contributed by atoms with van der Waals surface area (Å²) in [6.45, 7) is 16.2. The molecule has 0 radical (unpaired) electrons. The van der Waals surface area contributed by atoms with E-state index in [-0.39, 0.29) is 0 Å². The highest BCUT2D eigenvalue weighted by atomic mass is 32.2. The van der Waals surface area contributed by atoms with E-state index >= 15 is 0 Å². The number of aryl methyl sites for hydroxylation is 4. The van der Waals surface area contributed by atoms with Crippen molar-refractivity contribution in [3.63, 3.8) is 0 Å². The minimum atomic E-state index is -3.42. The van der Waals surface area contributed by atoms with Crippen molar-refractivity contribution in [2.75, 3.05) is 0 Å². The molecule has 0 saturated heterocycles. The molecule has 0 heterocycles. The van der Waals surface area contributed by atoms with Gasteiger partial charge in [0.05, 0.1) is 9.79 Å². The molecule has 0 spiro atoms. The lowest BCUT2D eigenvalue weighted by atomic mass is 10.1. The fraction of sp³-hybridized carbons (Fsp3) is 0.455. The van der Waals surface area contributed by atoms with E-state index in [0.29, 0.717) is 9.79 Å². The van der Waals surface area contributed by atoms with Crippen LogP contribution in [0.5, 0.6) is 0 Å². The predicted molar refractivity (Wildman–Crippen MR) is 109 cm³/mol. The summed E-state index contributed by atoms with van der Waals surface area (Å²) < 4.78 is 25.1. The van der Waals surface area contributed by atoms with E-state index in [1.165, 1.54) is 12.8 Å². The van der Waals surface area contributed by atoms with Crippen LogP contribution in [0.25, 0.3) is 0 Å². The summed E-state index contributed by atoms with van der Waals surface area (Å²) in [6, 6.07) is 10.5. The summed E-state index contributed by atoms with van der Waals surface area (Å²) >= 11 is 0. The Bertz CT molecular complexity index is 700. The monoisotopic (exact) mass is 362 g/mol. The molecule has 2 aromatic carbocycles. The zero-order chi connectivity index (χ0) is 19.6. The molecule has 0 aliphatic heterocycles. The summed E-state index contributed by atoms with van der Waals surface area (Å²) in [5, 5.41) is 0. The first-order valence-electron chi connectivity index (χ1n) is 9.13. The van der Waals surface area contributed by atoms with Crippen LogP contribution < -0.4 is 0 Å². The van der Waals surface area contributed by atoms with Crippen molar-refractivity contribution in [1.29, 1.82) is 0 Å².